The molecule has 0 atom stereocenters. The van der Waals surface area contributed by atoms with E-state index < -0.39 is 0 Å². The quantitative estimate of drug-likeness (QED) is 0.798. The number of nitrogens with one attached hydrogen (secondary N) is 1. The van der Waals surface area contributed by atoms with Gasteiger partial charge in [0.1, 0.15) is 11.4 Å². The molecule has 0 aliphatic carbocycles. The molecular weight excluding hydrogens is 354 g/mol. The molecule has 0 amide bonds. The molecule has 0 fully saturated rings. The lowest BCUT2D eigenvalue weighted by molar-refractivity contribution is 0.125. The summed E-state index contributed by atoms with van der Waals surface area (Å²) in [7, 11) is 0. The van der Waals surface area contributed by atoms with E-state index in [0.29, 0.717) is 22.4 Å². The highest BCUT2D eigenvalue weighted by atomic mass is 79.9. The van der Waals surface area contributed by atoms with E-state index >= 15 is 0 Å². The van der Waals surface area contributed by atoms with Crippen molar-refractivity contribution in [3.8, 4) is 5.88 Å². The summed E-state index contributed by atoms with van der Waals surface area (Å²) < 4.78 is 6.56. The number of rotatable bonds is 3. The van der Waals surface area contributed by atoms with Gasteiger partial charge in [0.05, 0.1) is 10.7 Å². The van der Waals surface area contributed by atoms with E-state index in [1.54, 1.807) is 18.2 Å². The summed E-state index contributed by atoms with van der Waals surface area (Å²) in [5.74, 6) is 1.07. The molecule has 6 heteroatoms. The van der Waals surface area contributed by atoms with Gasteiger partial charge >= 0.3 is 0 Å². The van der Waals surface area contributed by atoms with E-state index in [-0.39, 0.29) is 5.60 Å². The van der Waals surface area contributed by atoms with Gasteiger partial charge in [-0.2, -0.15) is 4.98 Å². The van der Waals surface area contributed by atoms with Crippen LogP contribution in [-0.2, 0) is 0 Å². The number of ether oxygens (including phenoxy) is 1. The largest absolute Gasteiger partial charge is 0.470 e. The number of anilines is 3. The molecule has 0 saturated carbocycles. The molecule has 2 rings (SSSR count). The zero-order valence-corrected chi connectivity index (χ0v) is 14.4. The van der Waals surface area contributed by atoms with E-state index in [1.807, 2.05) is 32.9 Å². The Morgan fingerprint density at radius 1 is 1.24 bits per heavy atom. The molecule has 0 spiro atoms. The van der Waals surface area contributed by atoms with E-state index in [1.165, 1.54) is 0 Å². The Balaban J connectivity index is 2.24. The fraction of sp³-hybridized carbons (Fsp3) is 0.267. The lowest BCUT2D eigenvalue weighted by Gasteiger charge is -2.21. The molecule has 1 aromatic heterocycles. The molecule has 1 aromatic carbocycles. The molecule has 112 valence electrons. The second-order valence-electron chi connectivity index (χ2n) is 5.56. The zero-order chi connectivity index (χ0) is 15.6. The first-order valence-electron chi connectivity index (χ1n) is 6.42. The molecule has 0 aliphatic heterocycles. The number of benzene rings is 1. The van der Waals surface area contributed by atoms with E-state index in [4.69, 9.17) is 22.1 Å². The number of hydrogen-bond acceptors (Lipinski definition) is 4. The van der Waals surface area contributed by atoms with E-state index in [0.717, 1.165) is 10.2 Å². The van der Waals surface area contributed by atoms with Crippen LogP contribution < -0.4 is 15.8 Å². The minimum absolute atomic E-state index is 0.358. The number of pyridine rings is 1. The summed E-state index contributed by atoms with van der Waals surface area (Å²) >= 11 is 9.36. The molecule has 2 aromatic rings. The number of nitrogens with two attached hydrogens (primary N) is 1. The zero-order valence-electron chi connectivity index (χ0n) is 12.1. The van der Waals surface area contributed by atoms with Crippen molar-refractivity contribution in [1.82, 2.24) is 4.98 Å². The van der Waals surface area contributed by atoms with Crippen molar-refractivity contribution in [2.75, 3.05) is 11.1 Å². The van der Waals surface area contributed by atoms with Crippen LogP contribution in [0.1, 0.15) is 20.8 Å². The average Bonchev–Trinajstić information content (AvgIpc) is 2.36. The molecule has 0 aliphatic rings. The van der Waals surface area contributed by atoms with Gasteiger partial charge < -0.3 is 15.8 Å². The minimum Gasteiger partial charge on any atom is -0.470 e. The van der Waals surface area contributed by atoms with Gasteiger partial charge in [-0.25, -0.2) is 0 Å². The SMILES string of the molecule is CC(C)(C)Oc1nc(Nc2ccc(Cl)c(Br)c2)ccc1N. The third-order valence-corrected chi connectivity index (χ3v) is 3.70. The number of hydrogen-bond donors (Lipinski definition) is 2. The van der Waals surface area contributed by atoms with Crippen LogP contribution in [0.4, 0.5) is 17.2 Å². The van der Waals surface area contributed by atoms with Crippen LogP contribution in [0, 0.1) is 0 Å². The van der Waals surface area contributed by atoms with E-state index in [2.05, 4.69) is 26.2 Å². The maximum atomic E-state index is 5.98. The fourth-order valence-electron chi connectivity index (χ4n) is 1.61. The van der Waals surface area contributed by atoms with Crippen LogP contribution in [0.15, 0.2) is 34.8 Å². The smallest absolute Gasteiger partial charge is 0.239 e. The summed E-state index contributed by atoms with van der Waals surface area (Å²) in [4.78, 5) is 4.40. The van der Waals surface area contributed by atoms with Crippen LogP contribution in [0.5, 0.6) is 5.88 Å². The van der Waals surface area contributed by atoms with Gasteiger partial charge in [0.15, 0.2) is 0 Å². The molecule has 4 nitrogen and oxygen atoms in total. The molecule has 0 bridgehead atoms. The molecule has 0 radical (unpaired) electrons. The highest BCUT2D eigenvalue weighted by Crippen LogP contribution is 2.29. The summed E-state index contributed by atoms with van der Waals surface area (Å²) in [5.41, 5.74) is 6.91. The summed E-state index contributed by atoms with van der Waals surface area (Å²) in [6.45, 7) is 5.85. The Bertz CT molecular complexity index is 656. The molecular formula is C15H17BrClN3O. The second kappa shape index (κ2) is 6.12. The Morgan fingerprint density at radius 2 is 1.95 bits per heavy atom. The van der Waals surface area contributed by atoms with Crippen LogP contribution in [0.25, 0.3) is 0 Å². The van der Waals surface area contributed by atoms with Crippen molar-refractivity contribution in [2.24, 2.45) is 0 Å². The Kier molecular flexibility index (Phi) is 4.64. The van der Waals surface area contributed by atoms with Gasteiger partial charge in [0, 0.05) is 10.2 Å². The van der Waals surface area contributed by atoms with Crippen molar-refractivity contribution in [3.05, 3.63) is 39.8 Å². The van der Waals surface area contributed by atoms with Crippen LogP contribution in [0.2, 0.25) is 5.02 Å². The second-order valence-corrected chi connectivity index (χ2v) is 6.82. The Morgan fingerprint density at radius 3 is 2.57 bits per heavy atom. The molecule has 3 N–H and O–H groups in total. The topological polar surface area (TPSA) is 60.2 Å². The summed E-state index contributed by atoms with van der Waals surface area (Å²) in [5, 5.41) is 3.85. The van der Waals surface area contributed by atoms with E-state index in [9.17, 15) is 0 Å². The van der Waals surface area contributed by atoms with Gasteiger partial charge in [-0.3, -0.25) is 0 Å². The van der Waals surface area contributed by atoms with Crippen molar-refractivity contribution >= 4 is 44.7 Å². The summed E-state index contributed by atoms with van der Waals surface area (Å²) in [6.07, 6.45) is 0. The van der Waals surface area contributed by atoms with Gasteiger partial charge in [0.25, 0.3) is 0 Å². The summed E-state index contributed by atoms with van der Waals surface area (Å²) in [6, 6.07) is 9.12. The maximum Gasteiger partial charge on any atom is 0.239 e. The lowest BCUT2D eigenvalue weighted by atomic mass is 10.2. The third-order valence-electron chi connectivity index (χ3n) is 2.48. The van der Waals surface area contributed by atoms with Crippen LogP contribution >= 0.6 is 27.5 Å². The number of nitrogen functional groups attached to an aromatic ring is 1. The predicted octanol–water partition coefficient (Wildman–Crippen LogP) is 5.00. The van der Waals surface area contributed by atoms with Crippen molar-refractivity contribution in [3.63, 3.8) is 0 Å². The number of aromatic nitrogens is 1. The minimum atomic E-state index is -0.358. The number of halogens is 2. The maximum absolute atomic E-state index is 5.98. The molecule has 0 saturated heterocycles. The Labute approximate surface area is 137 Å². The van der Waals surface area contributed by atoms with Gasteiger partial charge in [-0.15, -0.1) is 0 Å². The first-order chi connectivity index (χ1) is 9.74. The average molecular weight is 371 g/mol. The van der Waals surface area contributed by atoms with Crippen LogP contribution in [-0.4, -0.2) is 10.6 Å². The highest BCUT2D eigenvalue weighted by Gasteiger charge is 2.15. The van der Waals surface area contributed by atoms with Crippen molar-refractivity contribution < 1.29 is 4.74 Å². The van der Waals surface area contributed by atoms with Crippen LogP contribution in [0.3, 0.4) is 0 Å². The normalized spacial score (nSPS) is 11.3. The standard InChI is InChI=1S/C15H17BrClN3O/c1-15(2,3)21-14-12(18)6-7-13(20-14)19-9-4-5-11(17)10(16)8-9/h4-8H,18H2,1-3H3,(H,19,20). The van der Waals surface area contributed by atoms with Crippen molar-refractivity contribution in [2.45, 2.75) is 26.4 Å². The lowest BCUT2D eigenvalue weighted by Crippen LogP contribution is -2.24. The first kappa shape index (κ1) is 15.9. The first-order valence-corrected chi connectivity index (χ1v) is 7.59. The van der Waals surface area contributed by atoms with Crippen molar-refractivity contribution in [1.29, 1.82) is 0 Å². The highest BCUT2D eigenvalue weighted by molar-refractivity contribution is 9.10. The van der Waals surface area contributed by atoms with Gasteiger partial charge in [-0.1, -0.05) is 11.6 Å². The predicted molar refractivity (Wildman–Crippen MR) is 91.5 cm³/mol. The third kappa shape index (κ3) is 4.51. The van der Waals surface area contributed by atoms with Gasteiger partial charge in [0.2, 0.25) is 5.88 Å². The number of nitrogens with zero attached hydrogens (tertiary/aromatic N) is 1. The van der Waals surface area contributed by atoms with Gasteiger partial charge in [-0.05, 0) is 67.0 Å². The molecule has 21 heavy (non-hydrogen) atoms. The molecule has 0 unspecified atom stereocenters. The monoisotopic (exact) mass is 369 g/mol. The fourth-order valence-corrected chi connectivity index (χ4v) is 2.11. The molecule has 1 heterocycles. The Hall–Kier alpha value is -1.46.